The van der Waals surface area contributed by atoms with E-state index in [9.17, 15) is 0 Å². The fourth-order valence-corrected chi connectivity index (χ4v) is 5.86. The summed E-state index contributed by atoms with van der Waals surface area (Å²) in [5.41, 5.74) is 1.52. The summed E-state index contributed by atoms with van der Waals surface area (Å²) in [4.78, 5) is 0. The molecule has 1 unspecified atom stereocenters. The van der Waals surface area contributed by atoms with Crippen LogP contribution in [-0.4, -0.2) is 13.6 Å². The van der Waals surface area contributed by atoms with Gasteiger partial charge in [-0.05, 0) is 52.1 Å². The number of rotatable bonds is 34. The van der Waals surface area contributed by atoms with Gasteiger partial charge in [0, 0.05) is 0 Å². The van der Waals surface area contributed by atoms with Gasteiger partial charge in [-0.2, -0.15) is 0 Å². The van der Waals surface area contributed by atoms with E-state index in [4.69, 9.17) is 0 Å². The van der Waals surface area contributed by atoms with E-state index in [0.717, 1.165) is 12.5 Å². The summed E-state index contributed by atoms with van der Waals surface area (Å²) in [6.45, 7) is 32.5. The van der Waals surface area contributed by atoms with E-state index in [1.165, 1.54) is 224 Å². The highest BCUT2D eigenvalue weighted by atomic mass is 14.8. The van der Waals surface area contributed by atoms with E-state index in [1.807, 2.05) is 27.8 Å². The third-order valence-electron chi connectivity index (χ3n) is 9.52. The lowest BCUT2D eigenvalue weighted by atomic mass is 9.95. The molecule has 0 aliphatic rings. The monoisotopic (exact) mass is 752 g/mol. The molecule has 1 atom stereocenters. The molecule has 0 aliphatic heterocycles. The Bertz CT molecular complexity index is 529. The van der Waals surface area contributed by atoms with E-state index in [0.29, 0.717) is 0 Å². The van der Waals surface area contributed by atoms with E-state index in [2.05, 4.69) is 73.9 Å². The first kappa shape index (κ1) is 64.3. The standard InChI is InChI=1S/C37H74.C4H10.C3H9N.C3H8.C3H6.C2H6/c1-5-7-9-11-13-15-16-17-18-19-20-22-25-29-33-37(4)35-31-27-23-26-30-34-36(3)32-28-24-21-14-12-10-8-6-2;2*1-3-4-2;2*1-3-2;1-2/h37H,3,5-35H2,1-2,4H3;3-4H2,1-2H3;4H,3H2,1-2H3;3H2,1-2H3;3H,1H2,2H3;1-2H3. The van der Waals surface area contributed by atoms with Gasteiger partial charge in [-0.25, -0.2) is 0 Å². The van der Waals surface area contributed by atoms with Gasteiger partial charge < -0.3 is 5.32 Å². The van der Waals surface area contributed by atoms with Gasteiger partial charge in [0.2, 0.25) is 0 Å². The summed E-state index contributed by atoms with van der Waals surface area (Å²) in [5, 5.41) is 2.93. The van der Waals surface area contributed by atoms with Crippen LogP contribution in [0.3, 0.4) is 0 Å². The molecule has 0 amide bonds. The maximum absolute atomic E-state index is 4.35. The number of hydrogen-bond acceptors (Lipinski definition) is 1. The van der Waals surface area contributed by atoms with Crippen molar-refractivity contribution in [1.29, 1.82) is 0 Å². The smallest absolute Gasteiger partial charge is 0.00804 e. The van der Waals surface area contributed by atoms with Crippen LogP contribution in [0.15, 0.2) is 24.8 Å². The second-order valence-corrected chi connectivity index (χ2v) is 15.6. The van der Waals surface area contributed by atoms with Gasteiger partial charge in [0.25, 0.3) is 0 Å². The molecule has 0 aromatic rings. The molecule has 326 valence electrons. The van der Waals surface area contributed by atoms with Crippen molar-refractivity contribution in [2.24, 2.45) is 5.92 Å². The summed E-state index contributed by atoms with van der Waals surface area (Å²) in [5.74, 6) is 0.948. The maximum Gasteiger partial charge on any atom is -0.00804 e. The SMILES string of the molecule is C=C(CCCCCCCCCC)CCCCCCCC(C)CCCCCCCCCCCCCCCC.C=CC.CC.CCC.CCCC.CCNC. The molecule has 0 fully saturated rings. The van der Waals surface area contributed by atoms with Crippen LogP contribution >= 0.6 is 0 Å². The van der Waals surface area contributed by atoms with Crippen LogP contribution in [0, 0.1) is 5.92 Å². The summed E-state index contributed by atoms with van der Waals surface area (Å²) in [7, 11) is 1.93. The van der Waals surface area contributed by atoms with Crippen molar-refractivity contribution < 1.29 is 0 Å². The van der Waals surface area contributed by atoms with Crippen molar-refractivity contribution in [3.8, 4) is 0 Å². The Morgan fingerprint density at radius 2 is 0.660 bits per heavy atom. The molecule has 0 radical (unpaired) electrons. The van der Waals surface area contributed by atoms with Gasteiger partial charge in [0.05, 0.1) is 0 Å². The minimum Gasteiger partial charge on any atom is -0.320 e. The fourth-order valence-electron chi connectivity index (χ4n) is 5.86. The second-order valence-electron chi connectivity index (χ2n) is 15.6. The average Bonchev–Trinajstić information content (AvgIpc) is 3.17. The summed E-state index contributed by atoms with van der Waals surface area (Å²) < 4.78 is 0. The molecule has 0 bridgehead atoms. The molecule has 0 spiro atoms. The Morgan fingerprint density at radius 3 is 0.868 bits per heavy atom. The number of unbranched alkanes of at least 4 members (excludes halogenated alkanes) is 25. The first-order valence-electron chi connectivity index (χ1n) is 24.7. The molecule has 0 aromatic heterocycles. The molecular weight excluding hydrogens is 639 g/mol. The van der Waals surface area contributed by atoms with Crippen molar-refractivity contribution >= 4 is 0 Å². The highest BCUT2D eigenvalue weighted by molar-refractivity contribution is 4.93. The van der Waals surface area contributed by atoms with Gasteiger partial charge in [0.1, 0.15) is 0 Å². The first-order valence-corrected chi connectivity index (χ1v) is 24.7. The van der Waals surface area contributed by atoms with Crippen molar-refractivity contribution in [3.05, 3.63) is 24.8 Å². The van der Waals surface area contributed by atoms with Crippen LogP contribution in [-0.2, 0) is 0 Å². The highest BCUT2D eigenvalue weighted by Gasteiger charge is 2.03. The fraction of sp³-hybridized carbons (Fsp3) is 0.923. The van der Waals surface area contributed by atoms with Crippen molar-refractivity contribution in [2.75, 3.05) is 13.6 Å². The summed E-state index contributed by atoms with van der Waals surface area (Å²) >= 11 is 0. The van der Waals surface area contributed by atoms with Crippen molar-refractivity contribution in [3.63, 3.8) is 0 Å². The Hall–Kier alpha value is -0.560. The van der Waals surface area contributed by atoms with Crippen molar-refractivity contribution in [1.82, 2.24) is 5.32 Å². The van der Waals surface area contributed by atoms with Crippen LogP contribution in [0.1, 0.15) is 294 Å². The lowest BCUT2D eigenvalue weighted by Gasteiger charge is -2.11. The van der Waals surface area contributed by atoms with Gasteiger partial charge in [-0.15, -0.1) is 6.58 Å². The zero-order valence-electron chi connectivity index (χ0n) is 40.3. The maximum atomic E-state index is 4.35. The van der Waals surface area contributed by atoms with Crippen LogP contribution < -0.4 is 5.32 Å². The number of allylic oxidation sites excluding steroid dienone is 2. The van der Waals surface area contributed by atoms with Crippen LogP contribution in [0.25, 0.3) is 0 Å². The number of nitrogens with one attached hydrogen (secondary N) is 1. The topological polar surface area (TPSA) is 12.0 Å². The zero-order valence-corrected chi connectivity index (χ0v) is 40.3. The zero-order chi connectivity index (χ0) is 41.3. The normalized spacial score (nSPS) is 10.4. The van der Waals surface area contributed by atoms with Crippen LogP contribution in [0.4, 0.5) is 0 Å². The lowest BCUT2D eigenvalue weighted by molar-refractivity contribution is 0.430. The Kier molecular flexibility index (Phi) is 88.2. The molecule has 1 nitrogen and oxygen atoms in total. The van der Waals surface area contributed by atoms with Crippen LogP contribution in [0.2, 0.25) is 0 Å². The number of hydrogen-bond donors (Lipinski definition) is 1. The molecule has 0 rings (SSSR count). The second kappa shape index (κ2) is 72.7. The third-order valence-corrected chi connectivity index (χ3v) is 9.52. The molecule has 53 heavy (non-hydrogen) atoms. The Labute approximate surface area is 343 Å². The average molecular weight is 752 g/mol. The van der Waals surface area contributed by atoms with Gasteiger partial charge >= 0.3 is 0 Å². The molecular formula is C52H113N. The van der Waals surface area contributed by atoms with E-state index >= 15 is 0 Å². The van der Waals surface area contributed by atoms with Crippen LogP contribution in [0.5, 0.6) is 0 Å². The van der Waals surface area contributed by atoms with Gasteiger partial charge in [-0.1, -0.05) is 280 Å². The van der Waals surface area contributed by atoms with E-state index in [-0.39, 0.29) is 0 Å². The minimum absolute atomic E-state index is 0.948. The van der Waals surface area contributed by atoms with Crippen molar-refractivity contribution in [2.45, 2.75) is 294 Å². The Morgan fingerprint density at radius 1 is 0.453 bits per heavy atom. The summed E-state index contributed by atoms with van der Waals surface area (Å²) in [6, 6.07) is 0. The molecule has 0 aliphatic carbocycles. The molecule has 0 aromatic carbocycles. The van der Waals surface area contributed by atoms with E-state index < -0.39 is 0 Å². The molecule has 1 heteroatoms. The largest absolute Gasteiger partial charge is 0.320 e. The Balaban J connectivity index is -0.000000290. The molecule has 0 saturated carbocycles. The predicted molar refractivity (Wildman–Crippen MR) is 256 cm³/mol. The third kappa shape index (κ3) is 89.7. The predicted octanol–water partition coefficient (Wildman–Crippen LogP) is 20.0. The quantitative estimate of drug-likeness (QED) is 0.0510. The summed E-state index contributed by atoms with van der Waals surface area (Å²) in [6.07, 6.45) is 50.2. The minimum atomic E-state index is 0.948. The first-order chi connectivity index (χ1) is 25.9. The molecule has 0 saturated heterocycles. The van der Waals surface area contributed by atoms with E-state index in [1.54, 1.807) is 6.08 Å². The lowest BCUT2D eigenvalue weighted by Crippen LogP contribution is -2.01. The molecule has 1 N–H and O–H groups in total. The molecule has 0 heterocycles. The van der Waals surface area contributed by atoms with Gasteiger partial charge in [-0.3, -0.25) is 0 Å². The van der Waals surface area contributed by atoms with Gasteiger partial charge in [0.15, 0.2) is 0 Å². The highest BCUT2D eigenvalue weighted by Crippen LogP contribution is 2.20.